The quantitative estimate of drug-likeness (QED) is 0.714. The lowest BCUT2D eigenvalue weighted by Gasteiger charge is -2.06. The molecule has 0 bridgehead atoms. The summed E-state index contributed by atoms with van der Waals surface area (Å²) in [5.41, 5.74) is 2.31. The van der Waals surface area contributed by atoms with E-state index >= 15 is 0 Å². The highest BCUT2D eigenvalue weighted by Crippen LogP contribution is 2.10. The summed E-state index contributed by atoms with van der Waals surface area (Å²) in [6.07, 6.45) is 2.09. The van der Waals surface area contributed by atoms with Crippen LogP contribution in [0.2, 0.25) is 0 Å². The second kappa shape index (κ2) is 7.70. The molecule has 0 aromatic heterocycles. The number of aryl methyl sites for hydroxylation is 1. The Morgan fingerprint density at radius 2 is 1.81 bits per heavy atom. The fourth-order valence-corrected chi connectivity index (χ4v) is 2.10. The van der Waals surface area contributed by atoms with Gasteiger partial charge in [0.2, 0.25) is 0 Å². The van der Waals surface area contributed by atoms with Gasteiger partial charge in [0.15, 0.2) is 5.78 Å². The van der Waals surface area contributed by atoms with Gasteiger partial charge in [0.25, 0.3) is 0 Å². The highest BCUT2D eigenvalue weighted by atomic mass is 19.1. The van der Waals surface area contributed by atoms with E-state index in [2.05, 4.69) is 6.92 Å². The van der Waals surface area contributed by atoms with Crippen molar-refractivity contribution in [3.8, 4) is 0 Å². The van der Waals surface area contributed by atoms with E-state index < -0.39 is 0 Å². The van der Waals surface area contributed by atoms with Crippen LogP contribution in [0.25, 0.3) is 0 Å². The Hall–Kier alpha value is -2.00. The zero-order valence-corrected chi connectivity index (χ0v) is 12.1. The summed E-state index contributed by atoms with van der Waals surface area (Å²) in [6, 6.07) is 14.0. The van der Waals surface area contributed by atoms with Crippen LogP contribution in [0.5, 0.6) is 0 Å². The summed E-state index contributed by atoms with van der Waals surface area (Å²) in [4.78, 5) is 12.0. The van der Waals surface area contributed by atoms with Gasteiger partial charge in [0.1, 0.15) is 12.4 Å². The van der Waals surface area contributed by atoms with Gasteiger partial charge in [-0.3, -0.25) is 4.79 Å². The third-order valence-corrected chi connectivity index (χ3v) is 3.26. The molecule has 0 saturated heterocycles. The van der Waals surface area contributed by atoms with E-state index in [4.69, 9.17) is 4.74 Å². The molecule has 110 valence electrons. The maximum atomic E-state index is 13.4. The van der Waals surface area contributed by atoms with Crippen LogP contribution in [-0.4, -0.2) is 12.4 Å². The molecule has 2 nitrogen and oxygen atoms in total. The van der Waals surface area contributed by atoms with E-state index in [1.54, 1.807) is 18.2 Å². The molecule has 0 amide bonds. The molecule has 0 atom stereocenters. The summed E-state index contributed by atoms with van der Waals surface area (Å²) in [5.74, 6) is -0.400. The normalized spacial score (nSPS) is 10.6. The monoisotopic (exact) mass is 286 g/mol. The van der Waals surface area contributed by atoms with Gasteiger partial charge in [0, 0.05) is 11.1 Å². The van der Waals surface area contributed by atoms with Crippen molar-refractivity contribution in [2.45, 2.75) is 26.4 Å². The molecule has 2 aromatic rings. The number of rotatable bonds is 7. The van der Waals surface area contributed by atoms with Gasteiger partial charge in [-0.25, -0.2) is 4.39 Å². The van der Waals surface area contributed by atoms with E-state index in [9.17, 15) is 9.18 Å². The highest BCUT2D eigenvalue weighted by molar-refractivity contribution is 5.97. The lowest BCUT2D eigenvalue weighted by atomic mass is 10.1. The molecule has 3 heteroatoms. The van der Waals surface area contributed by atoms with Gasteiger partial charge in [0.05, 0.1) is 6.61 Å². The number of Topliss-reactive ketones (excluding diaryl/α,β-unsaturated/α-hetero) is 1. The number of carbonyl (C=O) groups is 1. The Labute approximate surface area is 124 Å². The molecule has 0 spiro atoms. The zero-order valence-electron chi connectivity index (χ0n) is 12.1. The summed E-state index contributed by atoms with van der Waals surface area (Å²) in [6.45, 7) is 2.18. The average molecular weight is 286 g/mol. The van der Waals surface area contributed by atoms with Crippen LogP contribution in [0, 0.1) is 5.82 Å². The first kappa shape index (κ1) is 15.4. The molecule has 0 fully saturated rings. The predicted octanol–water partition coefficient (Wildman–Crippen LogP) is 4.18. The molecule has 0 saturated carbocycles. The maximum absolute atomic E-state index is 13.4. The van der Waals surface area contributed by atoms with Crippen molar-refractivity contribution in [1.82, 2.24) is 0 Å². The average Bonchev–Trinajstić information content (AvgIpc) is 2.50. The molecule has 0 unspecified atom stereocenters. The van der Waals surface area contributed by atoms with Crippen LogP contribution in [0.1, 0.15) is 34.8 Å². The number of ketones is 1. The Morgan fingerprint density at radius 1 is 1.10 bits per heavy atom. The van der Waals surface area contributed by atoms with E-state index in [1.807, 2.05) is 24.3 Å². The minimum absolute atomic E-state index is 0.0402. The smallest absolute Gasteiger partial charge is 0.188 e. The van der Waals surface area contributed by atoms with Crippen molar-refractivity contribution >= 4 is 5.78 Å². The minimum Gasteiger partial charge on any atom is -0.369 e. The molecule has 21 heavy (non-hydrogen) atoms. The molecule has 0 aliphatic rings. The molecule has 0 N–H and O–H groups in total. The van der Waals surface area contributed by atoms with Gasteiger partial charge in [-0.2, -0.15) is 0 Å². The van der Waals surface area contributed by atoms with Gasteiger partial charge >= 0.3 is 0 Å². The summed E-state index contributed by atoms with van der Waals surface area (Å²) in [5, 5.41) is 0. The number of carbonyl (C=O) groups excluding carboxylic acids is 1. The molecule has 0 heterocycles. The molecule has 0 aliphatic carbocycles. The topological polar surface area (TPSA) is 26.3 Å². The summed E-state index contributed by atoms with van der Waals surface area (Å²) < 4.78 is 18.7. The van der Waals surface area contributed by atoms with E-state index in [0.717, 1.165) is 12.8 Å². The largest absolute Gasteiger partial charge is 0.369 e. The number of hydrogen-bond donors (Lipinski definition) is 0. The van der Waals surface area contributed by atoms with E-state index in [0.29, 0.717) is 11.1 Å². The first-order valence-corrected chi connectivity index (χ1v) is 7.14. The van der Waals surface area contributed by atoms with Crippen LogP contribution in [0.3, 0.4) is 0 Å². The van der Waals surface area contributed by atoms with Crippen LogP contribution in [-0.2, 0) is 17.8 Å². The standard InChI is InChI=1S/C18H19FO2/c1-2-5-14-8-10-15(11-9-14)18(20)13-21-12-16-6-3-4-7-17(16)19/h3-4,6-11H,2,5,12-13H2,1H3. The third-order valence-electron chi connectivity index (χ3n) is 3.26. The zero-order chi connectivity index (χ0) is 15.1. The fraction of sp³-hybridized carbons (Fsp3) is 0.278. The van der Waals surface area contributed by atoms with E-state index in [1.165, 1.54) is 11.6 Å². The van der Waals surface area contributed by atoms with Gasteiger partial charge < -0.3 is 4.74 Å². The van der Waals surface area contributed by atoms with Crippen molar-refractivity contribution in [2.24, 2.45) is 0 Å². The maximum Gasteiger partial charge on any atom is 0.188 e. The highest BCUT2D eigenvalue weighted by Gasteiger charge is 2.07. The van der Waals surface area contributed by atoms with Crippen molar-refractivity contribution in [3.05, 3.63) is 71.0 Å². The lowest BCUT2D eigenvalue weighted by molar-refractivity contribution is 0.0721. The molecule has 0 radical (unpaired) electrons. The second-order valence-electron chi connectivity index (χ2n) is 4.95. The number of halogens is 1. The third kappa shape index (κ3) is 4.50. The Kier molecular flexibility index (Phi) is 5.64. The Bertz CT molecular complexity index is 590. The van der Waals surface area contributed by atoms with Gasteiger partial charge in [-0.1, -0.05) is 55.8 Å². The number of ether oxygens (including phenoxy) is 1. The van der Waals surface area contributed by atoms with Gasteiger partial charge in [-0.05, 0) is 18.1 Å². The minimum atomic E-state index is -0.311. The van der Waals surface area contributed by atoms with Crippen molar-refractivity contribution in [3.63, 3.8) is 0 Å². The van der Waals surface area contributed by atoms with Crippen LogP contribution < -0.4 is 0 Å². The predicted molar refractivity (Wildman–Crippen MR) is 80.8 cm³/mol. The SMILES string of the molecule is CCCc1ccc(C(=O)COCc2ccccc2F)cc1. The summed E-state index contributed by atoms with van der Waals surface area (Å²) in [7, 11) is 0. The number of hydrogen-bond acceptors (Lipinski definition) is 2. The molecular weight excluding hydrogens is 267 g/mol. The Balaban J connectivity index is 1.85. The second-order valence-corrected chi connectivity index (χ2v) is 4.95. The van der Waals surface area contributed by atoms with E-state index in [-0.39, 0.29) is 24.8 Å². The fourth-order valence-electron chi connectivity index (χ4n) is 2.10. The lowest BCUT2D eigenvalue weighted by Crippen LogP contribution is -2.09. The van der Waals surface area contributed by atoms with Crippen molar-refractivity contribution < 1.29 is 13.9 Å². The molecule has 2 rings (SSSR count). The van der Waals surface area contributed by atoms with Crippen molar-refractivity contribution in [1.29, 1.82) is 0 Å². The molecular formula is C18H19FO2. The van der Waals surface area contributed by atoms with Crippen LogP contribution in [0.15, 0.2) is 48.5 Å². The van der Waals surface area contributed by atoms with Crippen LogP contribution >= 0.6 is 0 Å². The van der Waals surface area contributed by atoms with Crippen LogP contribution in [0.4, 0.5) is 4.39 Å². The first-order valence-electron chi connectivity index (χ1n) is 7.14. The summed E-state index contributed by atoms with van der Waals surface area (Å²) >= 11 is 0. The van der Waals surface area contributed by atoms with Crippen molar-refractivity contribution in [2.75, 3.05) is 6.61 Å². The first-order chi connectivity index (χ1) is 10.2. The molecule has 2 aromatic carbocycles. The van der Waals surface area contributed by atoms with Gasteiger partial charge in [-0.15, -0.1) is 0 Å². The number of benzene rings is 2. The Morgan fingerprint density at radius 3 is 2.48 bits per heavy atom. The molecule has 0 aliphatic heterocycles.